The zero-order valence-electron chi connectivity index (χ0n) is 17.4. The maximum Gasteiger partial charge on any atom is 0.191 e. The minimum Gasteiger partial charge on any atom is -0.305 e. The number of hydrogen-bond acceptors (Lipinski definition) is 5. The molecule has 7 heteroatoms. The van der Waals surface area contributed by atoms with Crippen molar-refractivity contribution in [1.82, 2.24) is 24.6 Å². The van der Waals surface area contributed by atoms with E-state index in [0.29, 0.717) is 0 Å². The highest BCUT2D eigenvalue weighted by molar-refractivity contribution is 7.99. The third kappa shape index (κ3) is 5.46. The number of pyridine rings is 1. The van der Waals surface area contributed by atoms with Crippen molar-refractivity contribution < 1.29 is 4.39 Å². The first-order valence-electron chi connectivity index (χ1n) is 10.5. The number of benzene rings is 1. The Morgan fingerprint density at radius 1 is 1.07 bits per heavy atom. The second-order valence-corrected chi connectivity index (χ2v) is 9.19. The molecule has 2 aromatic heterocycles. The Kier molecular flexibility index (Phi) is 6.79. The number of thioether (sulfide) groups is 1. The maximum absolute atomic E-state index is 11.9. The predicted octanol–water partition coefficient (Wildman–Crippen LogP) is 4.67. The molecule has 2 fully saturated rings. The van der Waals surface area contributed by atoms with E-state index < -0.39 is 0 Å². The van der Waals surface area contributed by atoms with Crippen LogP contribution in [0.25, 0.3) is 11.4 Å². The van der Waals surface area contributed by atoms with Crippen molar-refractivity contribution in [2.24, 2.45) is 12.5 Å². The zero-order valence-corrected chi connectivity index (χ0v) is 18.2. The first kappa shape index (κ1) is 21.0. The third-order valence-electron chi connectivity index (χ3n) is 5.81. The summed E-state index contributed by atoms with van der Waals surface area (Å²) < 4.78 is 14.0. The van der Waals surface area contributed by atoms with E-state index in [9.17, 15) is 4.39 Å². The molecular formula is C23H28FN5S. The maximum atomic E-state index is 11.9. The number of hydrogen-bond donors (Lipinski definition) is 0. The molecule has 0 N–H and O–H groups in total. The molecule has 5 nitrogen and oxygen atoms in total. The van der Waals surface area contributed by atoms with Crippen LogP contribution in [-0.4, -0.2) is 50.0 Å². The second-order valence-electron chi connectivity index (χ2n) is 8.13. The summed E-state index contributed by atoms with van der Waals surface area (Å²) in [7, 11) is 2.03. The highest BCUT2D eigenvalue weighted by Crippen LogP contribution is 2.52. The van der Waals surface area contributed by atoms with Gasteiger partial charge in [-0.15, -0.1) is 10.2 Å². The molecule has 0 bridgehead atoms. The Labute approximate surface area is 181 Å². The van der Waals surface area contributed by atoms with E-state index in [1.807, 2.05) is 25.4 Å². The van der Waals surface area contributed by atoms with Gasteiger partial charge in [-0.2, -0.15) is 0 Å². The molecule has 1 saturated carbocycles. The van der Waals surface area contributed by atoms with E-state index in [0.717, 1.165) is 27.7 Å². The molecule has 158 valence electrons. The molecule has 30 heavy (non-hydrogen) atoms. The van der Waals surface area contributed by atoms with Gasteiger partial charge in [0, 0.05) is 37.3 Å². The molecule has 1 spiro atoms. The minimum absolute atomic E-state index is 0.178. The smallest absolute Gasteiger partial charge is 0.191 e. The lowest BCUT2D eigenvalue weighted by atomic mass is 10.1. The van der Waals surface area contributed by atoms with Gasteiger partial charge < -0.3 is 9.47 Å². The molecule has 1 aromatic carbocycles. The van der Waals surface area contributed by atoms with Gasteiger partial charge in [-0.25, -0.2) is 4.39 Å². The van der Waals surface area contributed by atoms with E-state index in [2.05, 4.69) is 24.6 Å². The summed E-state index contributed by atoms with van der Waals surface area (Å²) in [6.45, 7) is 3.87. The van der Waals surface area contributed by atoms with E-state index >= 15 is 0 Å². The summed E-state index contributed by atoms with van der Waals surface area (Å²) in [5.41, 5.74) is 1.76. The Hall–Kier alpha value is -2.25. The first-order valence-corrected chi connectivity index (χ1v) is 11.5. The average Bonchev–Trinajstić information content (AvgIpc) is 3.25. The first-order chi connectivity index (χ1) is 14.7. The van der Waals surface area contributed by atoms with Crippen molar-refractivity contribution in [1.29, 1.82) is 0 Å². The molecule has 1 aliphatic carbocycles. The van der Waals surface area contributed by atoms with E-state index in [-0.39, 0.29) is 5.82 Å². The van der Waals surface area contributed by atoms with Gasteiger partial charge in [0.15, 0.2) is 11.0 Å². The summed E-state index contributed by atoms with van der Waals surface area (Å²) in [6.07, 6.45) is 9.19. The molecule has 0 unspecified atom stereocenters. The van der Waals surface area contributed by atoms with Gasteiger partial charge in [0.25, 0.3) is 0 Å². The summed E-state index contributed by atoms with van der Waals surface area (Å²) in [5.74, 6) is 1.81. The van der Waals surface area contributed by atoms with Gasteiger partial charge in [0.1, 0.15) is 5.82 Å². The minimum atomic E-state index is -0.178. The molecule has 2 aliphatic rings. The van der Waals surface area contributed by atoms with Crippen molar-refractivity contribution in [3.63, 3.8) is 0 Å². The Bertz CT molecular complexity index is 927. The Balaban J connectivity index is 0.000000265. The standard InChI is InChI=1S/C17H23N5S.C6H5F/c1-21-15(14-4-2-8-18-12-14)19-20-16(21)23-11-3-9-22-10-7-17(13-22)5-6-17;7-6-4-2-1-3-5-6/h2,4,8,12H,3,5-7,9-11,13H2,1H3;1-5H. The fourth-order valence-corrected chi connectivity index (χ4v) is 4.69. The molecule has 1 aliphatic heterocycles. The van der Waals surface area contributed by atoms with Crippen LogP contribution in [0.15, 0.2) is 60.0 Å². The second kappa shape index (κ2) is 9.71. The topological polar surface area (TPSA) is 46.8 Å². The molecule has 5 rings (SSSR count). The normalized spacial score (nSPS) is 17.0. The molecule has 1 saturated heterocycles. The summed E-state index contributed by atoms with van der Waals surface area (Å²) in [6, 6.07) is 11.9. The van der Waals surface area contributed by atoms with Crippen LogP contribution in [-0.2, 0) is 7.05 Å². The van der Waals surface area contributed by atoms with Gasteiger partial charge in [0.05, 0.1) is 0 Å². The van der Waals surface area contributed by atoms with E-state index in [4.69, 9.17) is 0 Å². The fourth-order valence-electron chi connectivity index (χ4n) is 3.86. The van der Waals surface area contributed by atoms with Crippen molar-refractivity contribution in [2.75, 3.05) is 25.4 Å². The van der Waals surface area contributed by atoms with Crippen molar-refractivity contribution in [3.8, 4) is 11.4 Å². The number of aromatic nitrogens is 4. The predicted molar refractivity (Wildman–Crippen MR) is 119 cm³/mol. The van der Waals surface area contributed by atoms with Gasteiger partial charge in [-0.05, 0) is 68.5 Å². The molecular weight excluding hydrogens is 397 g/mol. The number of nitrogens with zero attached hydrogens (tertiary/aromatic N) is 5. The quantitative estimate of drug-likeness (QED) is 0.424. The number of halogens is 1. The summed E-state index contributed by atoms with van der Waals surface area (Å²) >= 11 is 1.80. The highest BCUT2D eigenvalue weighted by atomic mass is 32.2. The van der Waals surface area contributed by atoms with Crippen LogP contribution in [0.4, 0.5) is 4.39 Å². The lowest BCUT2D eigenvalue weighted by Crippen LogP contribution is -2.22. The van der Waals surface area contributed by atoms with Crippen LogP contribution in [0.2, 0.25) is 0 Å². The van der Waals surface area contributed by atoms with Crippen molar-refractivity contribution in [3.05, 3.63) is 60.7 Å². The number of likely N-dealkylation sites (tertiary alicyclic amines) is 1. The van der Waals surface area contributed by atoms with Crippen LogP contribution in [0, 0.1) is 11.2 Å². The summed E-state index contributed by atoms with van der Waals surface area (Å²) in [4.78, 5) is 6.80. The van der Waals surface area contributed by atoms with Crippen LogP contribution >= 0.6 is 11.8 Å². The molecule has 3 heterocycles. The molecule has 0 atom stereocenters. The van der Waals surface area contributed by atoms with Gasteiger partial charge in [0.2, 0.25) is 0 Å². The van der Waals surface area contributed by atoms with Gasteiger partial charge in [-0.1, -0.05) is 30.0 Å². The van der Waals surface area contributed by atoms with Crippen LogP contribution in [0.1, 0.15) is 25.7 Å². The largest absolute Gasteiger partial charge is 0.305 e. The van der Waals surface area contributed by atoms with Gasteiger partial charge in [-0.3, -0.25) is 4.98 Å². The van der Waals surface area contributed by atoms with Crippen LogP contribution < -0.4 is 0 Å². The third-order valence-corrected chi connectivity index (χ3v) is 6.92. The van der Waals surface area contributed by atoms with Crippen molar-refractivity contribution in [2.45, 2.75) is 30.8 Å². The fraction of sp³-hybridized carbons (Fsp3) is 0.435. The van der Waals surface area contributed by atoms with E-state index in [1.165, 1.54) is 57.5 Å². The van der Waals surface area contributed by atoms with Crippen molar-refractivity contribution >= 4 is 11.8 Å². The number of rotatable bonds is 6. The van der Waals surface area contributed by atoms with Crippen LogP contribution in [0.5, 0.6) is 0 Å². The average molecular weight is 426 g/mol. The lowest BCUT2D eigenvalue weighted by molar-refractivity contribution is 0.321. The SMILES string of the molecule is Cn1c(SCCCN2CCC3(CC3)C2)nnc1-c1cccnc1.Fc1ccccc1. The molecule has 0 radical (unpaired) electrons. The Morgan fingerprint density at radius 3 is 2.53 bits per heavy atom. The van der Waals surface area contributed by atoms with Crippen LogP contribution in [0.3, 0.4) is 0 Å². The van der Waals surface area contributed by atoms with Gasteiger partial charge >= 0.3 is 0 Å². The zero-order chi connectivity index (χ0) is 20.8. The highest BCUT2D eigenvalue weighted by Gasteiger charge is 2.47. The monoisotopic (exact) mass is 425 g/mol. The Morgan fingerprint density at radius 2 is 1.90 bits per heavy atom. The summed E-state index contributed by atoms with van der Waals surface area (Å²) in [5, 5.41) is 9.63. The lowest BCUT2D eigenvalue weighted by Gasteiger charge is -2.15. The van der Waals surface area contributed by atoms with E-state index in [1.54, 1.807) is 36.2 Å². The molecule has 3 aromatic rings. The molecule has 0 amide bonds.